The van der Waals surface area contributed by atoms with E-state index < -0.39 is 0 Å². The molecule has 0 unspecified atom stereocenters. The first-order valence-corrected chi connectivity index (χ1v) is 6.29. The minimum absolute atomic E-state index is 0.141. The largest absolute Gasteiger partial charge is 0.367 e. The van der Waals surface area contributed by atoms with Crippen molar-refractivity contribution in [2.75, 3.05) is 44.2 Å². The van der Waals surface area contributed by atoms with Gasteiger partial charge in [-0.2, -0.15) is 0 Å². The van der Waals surface area contributed by atoms with Crippen molar-refractivity contribution in [3.8, 4) is 0 Å². The summed E-state index contributed by atoms with van der Waals surface area (Å²) in [7, 11) is 0. The molecule has 0 saturated carbocycles. The zero-order chi connectivity index (χ0) is 13.0. The zero-order valence-corrected chi connectivity index (χ0v) is 10.6. The molecule has 0 aliphatic carbocycles. The minimum atomic E-state index is -0.141. The molecule has 1 fully saturated rings. The lowest BCUT2D eigenvalue weighted by molar-refractivity contribution is 0.277. The lowest BCUT2D eigenvalue weighted by Crippen LogP contribution is -2.47. The van der Waals surface area contributed by atoms with Crippen molar-refractivity contribution in [3.63, 3.8) is 0 Å². The number of halogens is 1. The van der Waals surface area contributed by atoms with Crippen LogP contribution in [0.2, 0.25) is 0 Å². The lowest BCUT2D eigenvalue weighted by Gasteiger charge is -2.36. The third-order valence-corrected chi connectivity index (χ3v) is 3.30. The molecular formula is C14H20FN3. The highest BCUT2D eigenvalue weighted by Gasteiger charge is 2.19. The van der Waals surface area contributed by atoms with Gasteiger partial charge in [-0.1, -0.05) is 18.7 Å². The molecule has 1 aromatic rings. The molecule has 1 saturated heterocycles. The summed E-state index contributed by atoms with van der Waals surface area (Å²) in [5.41, 5.74) is 7.30. The third-order valence-electron chi connectivity index (χ3n) is 3.30. The van der Waals surface area contributed by atoms with Crippen LogP contribution in [0.4, 0.5) is 10.1 Å². The van der Waals surface area contributed by atoms with Gasteiger partial charge in [0.2, 0.25) is 0 Å². The van der Waals surface area contributed by atoms with E-state index in [1.807, 2.05) is 12.1 Å². The summed E-state index contributed by atoms with van der Waals surface area (Å²) in [6.07, 6.45) is 0. The number of nitrogens with two attached hydrogens (primary N) is 1. The minimum Gasteiger partial charge on any atom is -0.367 e. The topological polar surface area (TPSA) is 32.5 Å². The van der Waals surface area contributed by atoms with Gasteiger partial charge in [-0.3, -0.25) is 4.90 Å². The van der Waals surface area contributed by atoms with E-state index in [4.69, 9.17) is 5.73 Å². The second-order valence-corrected chi connectivity index (χ2v) is 4.67. The first-order chi connectivity index (χ1) is 8.70. The van der Waals surface area contributed by atoms with Gasteiger partial charge in [-0.15, -0.1) is 0 Å². The monoisotopic (exact) mass is 249 g/mol. The van der Waals surface area contributed by atoms with E-state index >= 15 is 0 Å². The van der Waals surface area contributed by atoms with Crippen LogP contribution in [-0.2, 0) is 0 Å². The van der Waals surface area contributed by atoms with E-state index in [1.54, 1.807) is 6.07 Å². The molecule has 1 aliphatic heterocycles. The molecule has 1 heterocycles. The van der Waals surface area contributed by atoms with Crippen LogP contribution in [0.5, 0.6) is 0 Å². The average Bonchev–Trinajstić information content (AvgIpc) is 2.40. The van der Waals surface area contributed by atoms with Gasteiger partial charge in [-0.05, 0) is 17.7 Å². The van der Waals surface area contributed by atoms with Crippen molar-refractivity contribution < 1.29 is 4.39 Å². The molecule has 18 heavy (non-hydrogen) atoms. The van der Waals surface area contributed by atoms with Gasteiger partial charge in [0.25, 0.3) is 0 Å². The third kappa shape index (κ3) is 3.09. The van der Waals surface area contributed by atoms with Crippen LogP contribution in [-0.4, -0.2) is 44.2 Å². The first-order valence-electron chi connectivity index (χ1n) is 6.29. The van der Waals surface area contributed by atoms with E-state index in [0.29, 0.717) is 12.2 Å². The van der Waals surface area contributed by atoms with Gasteiger partial charge in [0.15, 0.2) is 0 Å². The molecule has 0 atom stereocenters. The van der Waals surface area contributed by atoms with Gasteiger partial charge in [0.1, 0.15) is 5.82 Å². The van der Waals surface area contributed by atoms with Crippen molar-refractivity contribution in [1.29, 1.82) is 0 Å². The van der Waals surface area contributed by atoms with Crippen LogP contribution in [0.15, 0.2) is 36.4 Å². The number of benzene rings is 1. The van der Waals surface area contributed by atoms with E-state index in [2.05, 4.69) is 16.4 Å². The van der Waals surface area contributed by atoms with E-state index in [9.17, 15) is 4.39 Å². The zero-order valence-electron chi connectivity index (χ0n) is 10.6. The van der Waals surface area contributed by atoms with Crippen molar-refractivity contribution in [3.05, 3.63) is 42.2 Å². The Balaban J connectivity index is 1.91. The average molecular weight is 249 g/mol. The predicted molar refractivity (Wildman–Crippen MR) is 73.2 cm³/mol. The molecule has 0 spiro atoms. The standard InChI is InChI=1S/C14H20FN3/c1-12(10-16)11-17-6-8-18(9-7-17)14-5-3-2-4-13(14)15/h2-5H,1,6-11,16H2. The fraction of sp³-hybridized carbons (Fsp3) is 0.429. The molecule has 1 aliphatic rings. The summed E-state index contributed by atoms with van der Waals surface area (Å²) in [6, 6.07) is 6.95. The number of hydrogen-bond acceptors (Lipinski definition) is 3. The van der Waals surface area contributed by atoms with Gasteiger partial charge < -0.3 is 10.6 Å². The summed E-state index contributed by atoms with van der Waals surface area (Å²) < 4.78 is 13.7. The van der Waals surface area contributed by atoms with E-state index in [-0.39, 0.29) is 5.82 Å². The van der Waals surface area contributed by atoms with E-state index in [0.717, 1.165) is 38.3 Å². The quantitative estimate of drug-likeness (QED) is 0.820. The summed E-state index contributed by atoms with van der Waals surface area (Å²) in [6.45, 7) is 8.84. The second kappa shape index (κ2) is 5.98. The Labute approximate surface area is 108 Å². The Morgan fingerprint density at radius 1 is 1.22 bits per heavy atom. The van der Waals surface area contributed by atoms with E-state index in [1.165, 1.54) is 6.07 Å². The molecule has 1 aromatic carbocycles. The lowest BCUT2D eigenvalue weighted by atomic mass is 10.2. The number of anilines is 1. The van der Waals surface area contributed by atoms with Crippen LogP contribution >= 0.6 is 0 Å². The number of rotatable bonds is 4. The van der Waals surface area contributed by atoms with Gasteiger partial charge in [0.05, 0.1) is 5.69 Å². The highest BCUT2D eigenvalue weighted by atomic mass is 19.1. The fourth-order valence-electron chi connectivity index (χ4n) is 2.24. The molecule has 0 radical (unpaired) electrons. The van der Waals surface area contributed by atoms with Crippen LogP contribution < -0.4 is 10.6 Å². The molecule has 2 N–H and O–H groups in total. The first kappa shape index (κ1) is 13.1. The summed E-state index contributed by atoms with van der Waals surface area (Å²) in [4.78, 5) is 4.41. The highest BCUT2D eigenvalue weighted by Crippen LogP contribution is 2.20. The maximum atomic E-state index is 13.7. The number of para-hydroxylation sites is 1. The highest BCUT2D eigenvalue weighted by molar-refractivity contribution is 5.48. The smallest absolute Gasteiger partial charge is 0.146 e. The van der Waals surface area contributed by atoms with Crippen LogP contribution in [0.1, 0.15) is 0 Å². The van der Waals surface area contributed by atoms with Crippen LogP contribution in [0.3, 0.4) is 0 Å². The maximum Gasteiger partial charge on any atom is 0.146 e. The molecule has 4 heteroatoms. The van der Waals surface area contributed by atoms with Crippen molar-refractivity contribution >= 4 is 5.69 Å². The van der Waals surface area contributed by atoms with Gasteiger partial charge >= 0.3 is 0 Å². The molecule has 0 amide bonds. The Kier molecular flexibility index (Phi) is 4.33. The van der Waals surface area contributed by atoms with Crippen molar-refractivity contribution in [2.45, 2.75) is 0 Å². The summed E-state index contributed by atoms with van der Waals surface area (Å²) >= 11 is 0. The molecular weight excluding hydrogens is 229 g/mol. The van der Waals surface area contributed by atoms with Crippen molar-refractivity contribution in [1.82, 2.24) is 4.90 Å². The Hall–Kier alpha value is -1.39. The Morgan fingerprint density at radius 3 is 2.50 bits per heavy atom. The normalized spacial score (nSPS) is 16.9. The number of hydrogen-bond donors (Lipinski definition) is 1. The van der Waals surface area contributed by atoms with Crippen molar-refractivity contribution in [2.24, 2.45) is 5.73 Å². The Morgan fingerprint density at radius 2 is 1.89 bits per heavy atom. The second-order valence-electron chi connectivity index (χ2n) is 4.67. The maximum absolute atomic E-state index is 13.7. The fourth-order valence-corrected chi connectivity index (χ4v) is 2.24. The van der Waals surface area contributed by atoms with Crippen LogP contribution in [0, 0.1) is 5.82 Å². The summed E-state index contributed by atoms with van der Waals surface area (Å²) in [5, 5.41) is 0. The molecule has 0 aromatic heterocycles. The summed E-state index contributed by atoms with van der Waals surface area (Å²) in [5.74, 6) is -0.141. The molecule has 0 bridgehead atoms. The van der Waals surface area contributed by atoms with Gasteiger partial charge in [-0.25, -0.2) is 4.39 Å². The number of piperazine rings is 1. The predicted octanol–water partition coefficient (Wildman–Crippen LogP) is 1.46. The van der Waals surface area contributed by atoms with Gasteiger partial charge in [0, 0.05) is 39.3 Å². The Bertz CT molecular complexity index is 411. The SMILES string of the molecule is C=C(CN)CN1CCN(c2ccccc2F)CC1. The number of nitrogens with zero attached hydrogens (tertiary/aromatic N) is 2. The van der Waals surface area contributed by atoms with Crippen LogP contribution in [0.25, 0.3) is 0 Å². The molecule has 2 rings (SSSR count). The molecule has 98 valence electrons. The molecule has 3 nitrogen and oxygen atoms in total.